The van der Waals surface area contributed by atoms with Crippen LogP contribution in [0.25, 0.3) is 0 Å². The third kappa shape index (κ3) is 3.28. The molecule has 0 spiro atoms. The molecule has 1 saturated carbocycles. The van der Waals surface area contributed by atoms with Crippen LogP contribution in [0.3, 0.4) is 0 Å². The molecular weight excluding hydrogens is 432 g/mol. The first-order chi connectivity index (χ1) is 17.2. The van der Waals surface area contributed by atoms with Gasteiger partial charge in [-0.05, 0) is 63.1 Å². The van der Waals surface area contributed by atoms with Gasteiger partial charge in [-0.25, -0.2) is 0 Å². The maximum absolute atomic E-state index is 6.40. The van der Waals surface area contributed by atoms with Gasteiger partial charge in [-0.1, -0.05) is 37.1 Å². The summed E-state index contributed by atoms with van der Waals surface area (Å²) >= 11 is 0. The van der Waals surface area contributed by atoms with E-state index in [1.807, 2.05) is 0 Å². The molecule has 0 amide bonds. The van der Waals surface area contributed by atoms with Gasteiger partial charge in [0.1, 0.15) is 11.5 Å². The van der Waals surface area contributed by atoms with E-state index in [2.05, 4.69) is 106 Å². The number of allylic oxidation sites excluding steroid dienone is 2. The van der Waals surface area contributed by atoms with Crippen molar-refractivity contribution >= 4 is 22.7 Å². The average Bonchev–Trinajstić information content (AvgIpc) is 3.42. The van der Waals surface area contributed by atoms with Crippen LogP contribution >= 0.6 is 0 Å². The summed E-state index contributed by atoms with van der Waals surface area (Å²) in [6.45, 7) is 6.34. The zero-order chi connectivity index (χ0) is 23.5. The second kappa shape index (κ2) is 7.98. The molecule has 0 aromatic heterocycles. The van der Waals surface area contributed by atoms with Gasteiger partial charge in [-0.15, -0.1) is 0 Å². The van der Waals surface area contributed by atoms with Crippen molar-refractivity contribution in [3.05, 3.63) is 84.2 Å². The number of fused-ring (bicyclic) bond motifs is 16. The first-order valence-electron chi connectivity index (χ1n) is 12.9. The fourth-order valence-corrected chi connectivity index (χ4v) is 6.53. The normalized spacial score (nSPS) is 22.9. The van der Waals surface area contributed by atoms with Gasteiger partial charge < -0.3 is 24.3 Å². The molecule has 2 unspecified atom stereocenters. The molecule has 35 heavy (non-hydrogen) atoms. The quantitative estimate of drug-likeness (QED) is 0.354. The summed E-state index contributed by atoms with van der Waals surface area (Å²) in [5.74, 6) is 1.74. The molecule has 5 heteroatoms. The zero-order valence-electron chi connectivity index (χ0n) is 20.5. The summed E-state index contributed by atoms with van der Waals surface area (Å²) in [7, 11) is 0. The third-order valence-electron chi connectivity index (χ3n) is 8.42. The van der Waals surface area contributed by atoms with E-state index in [1.165, 1.54) is 59.8 Å². The summed E-state index contributed by atoms with van der Waals surface area (Å²) in [4.78, 5) is 10.3. The number of benzene rings is 3. The van der Waals surface area contributed by atoms with Crippen molar-refractivity contribution in [3.63, 3.8) is 0 Å². The first-order valence-corrected chi connectivity index (χ1v) is 12.9. The highest BCUT2D eigenvalue weighted by Crippen LogP contribution is 2.46. The maximum atomic E-state index is 6.40. The number of anilines is 4. The number of hydrogen-bond acceptors (Lipinski definition) is 5. The largest absolute Gasteiger partial charge is 0.457 e. The number of nitrogens with zero attached hydrogens (tertiary/aromatic N) is 4. The summed E-state index contributed by atoms with van der Waals surface area (Å²) in [6, 6.07) is 27.0. The van der Waals surface area contributed by atoms with Crippen molar-refractivity contribution < 1.29 is 4.74 Å². The number of hydrogen-bond donors (Lipinski definition) is 0. The molecule has 178 valence electrons. The topological polar surface area (TPSA) is 22.2 Å². The minimum atomic E-state index is 0.480. The maximum Gasteiger partial charge on any atom is 0.129 e. The Kier molecular flexibility index (Phi) is 4.73. The molecular formula is C30H32N4O. The smallest absolute Gasteiger partial charge is 0.129 e. The van der Waals surface area contributed by atoms with Crippen LogP contribution in [0.15, 0.2) is 84.2 Å². The molecule has 0 N–H and O–H groups in total. The Morgan fingerprint density at radius 1 is 0.629 bits per heavy atom. The zero-order valence-corrected chi connectivity index (χ0v) is 20.5. The molecule has 3 aromatic carbocycles. The summed E-state index contributed by atoms with van der Waals surface area (Å²) < 4.78 is 6.40. The Morgan fingerprint density at radius 2 is 1.23 bits per heavy atom. The van der Waals surface area contributed by atoms with E-state index in [-0.39, 0.29) is 0 Å². The molecule has 5 nitrogen and oxygen atoms in total. The van der Waals surface area contributed by atoms with Crippen LogP contribution in [0.5, 0.6) is 11.5 Å². The van der Waals surface area contributed by atoms with E-state index in [4.69, 9.17) is 4.74 Å². The lowest BCUT2D eigenvalue weighted by atomic mass is 9.88. The van der Waals surface area contributed by atoms with Gasteiger partial charge in [-0.3, -0.25) is 0 Å². The van der Waals surface area contributed by atoms with Crippen molar-refractivity contribution in [1.82, 2.24) is 4.90 Å². The Hall–Kier alpha value is -3.60. The minimum absolute atomic E-state index is 0.480. The standard InChI is InChI=1S/C30H32N4O/c1-21-22(2)32-19-31(21)23-9-7-11-25(17-23)35-26-12-8-10-24(18-26)33-20-34(29-15-5-3-13-27(29)32)30-16-6-4-14-28(30)33/h4,6-12,14,16-18,27,29H,3,5,13,15,19-20H2,1-2H3. The second-order valence-corrected chi connectivity index (χ2v) is 10.3. The van der Waals surface area contributed by atoms with Gasteiger partial charge in [0.2, 0.25) is 0 Å². The minimum Gasteiger partial charge on any atom is -0.457 e. The number of rotatable bonds is 0. The van der Waals surface area contributed by atoms with Crippen LogP contribution in [0.1, 0.15) is 39.5 Å². The molecule has 3 aromatic rings. The van der Waals surface area contributed by atoms with E-state index in [0.29, 0.717) is 12.1 Å². The second-order valence-electron chi connectivity index (χ2n) is 10.3. The van der Waals surface area contributed by atoms with E-state index < -0.39 is 0 Å². The van der Waals surface area contributed by atoms with Gasteiger partial charge in [-0.2, -0.15) is 0 Å². The van der Waals surface area contributed by atoms with Crippen molar-refractivity contribution in [3.8, 4) is 11.5 Å². The third-order valence-corrected chi connectivity index (χ3v) is 8.42. The van der Waals surface area contributed by atoms with Crippen molar-refractivity contribution in [2.45, 2.75) is 51.6 Å². The van der Waals surface area contributed by atoms with Gasteiger partial charge in [0.15, 0.2) is 0 Å². The first kappa shape index (κ1) is 20.7. The monoisotopic (exact) mass is 464 g/mol. The Labute approximate surface area is 207 Å². The molecule has 0 radical (unpaired) electrons. The lowest BCUT2D eigenvalue weighted by Gasteiger charge is -2.44. The average molecular weight is 465 g/mol. The highest BCUT2D eigenvalue weighted by atomic mass is 16.5. The molecule has 3 aliphatic heterocycles. The predicted molar refractivity (Wildman–Crippen MR) is 142 cm³/mol. The van der Waals surface area contributed by atoms with Gasteiger partial charge in [0, 0.05) is 34.9 Å². The lowest BCUT2D eigenvalue weighted by molar-refractivity contribution is 0.185. The summed E-state index contributed by atoms with van der Waals surface area (Å²) in [6.07, 6.45) is 5.06. The lowest BCUT2D eigenvalue weighted by Crippen LogP contribution is -2.53. The van der Waals surface area contributed by atoms with Crippen molar-refractivity contribution in [1.29, 1.82) is 0 Å². The van der Waals surface area contributed by atoms with Crippen LogP contribution < -0.4 is 19.4 Å². The highest BCUT2D eigenvalue weighted by Gasteiger charge is 2.41. The van der Waals surface area contributed by atoms with Gasteiger partial charge in [0.25, 0.3) is 0 Å². The molecule has 1 fully saturated rings. The summed E-state index contributed by atoms with van der Waals surface area (Å²) in [5, 5.41) is 0. The Bertz CT molecular complexity index is 1320. The fourth-order valence-electron chi connectivity index (χ4n) is 6.53. The molecule has 3 heterocycles. The van der Waals surface area contributed by atoms with Crippen LogP contribution in [-0.4, -0.2) is 30.3 Å². The SMILES string of the molecule is CC1=C(C)N2CN1c1cccc(c1)Oc1cccc(c1)N1CN(c3ccccc31)C1CCCCC12. The predicted octanol–water partition coefficient (Wildman–Crippen LogP) is 7.05. The highest BCUT2D eigenvalue weighted by molar-refractivity contribution is 5.83. The summed E-state index contributed by atoms with van der Waals surface area (Å²) in [5.41, 5.74) is 7.74. The molecule has 4 aliphatic rings. The van der Waals surface area contributed by atoms with Crippen LogP contribution in [0, 0.1) is 0 Å². The van der Waals surface area contributed by atoms with E-state index in [1.54, 1.807) is 0 Å². The Balaban J connectivity index is 1.41. The van der Waals surface area contributed by atoms with Gasteiger partial charge >= 0.3 is 0 Å². The molecule has 7 rings (SSSR count). The van der Waals surface area contributed by atoms with Crippen LogP contribution in [0.2, 0.25) is 0 Å². The number of ether oxygens (including phenoxy) is 1. The fraction of sp³-hybridized carbons (Fsp3) is 0.333. The molecule has 0 saturated heterocycles. The van der Waals surface area contributed by atoms with Crippen LogP contribution in [-0.2, 0) is 0 Å². The van der Waals surface area contributed by atoms with Crippen molar-refractivity contribution in [2.75, 3.05) is 28.0 Å². The van der Waals surface area contributed by atoms with Gasteiger partial charge in [0.05, 0.1) is 36.8 Å². The van der Waals surface area contributed by atoms with Crippen molar-refractivity contribution in [2.24, 2.45) is 0 Å². The molecule has 2 atom stereocenters. The van der Waals surface area contributed by atoms with E-state index >= 15 is 0 Å². The van der Waals surface area contributed by atoms with Crippen LogP contribution in [0.4, 0.5) is 22.7 Å². The van der Waals surface area contributed by atoms with E-state index in [9.17, 15) is 0 Å². The molecule has 8 bridgehead atoms. The number of para-hydroxylation sites is 2. The molecule has 1 aliphatic carbocycles. The van der Waals surface area contributed by atoms with E-state index in [0.717, 1.165) is 24.8 Å². The Morgan fingerprint density at radius 3 is 1.94 bits per heavy atom.